The minimum absolute atomic E-state index is 0.197. The smallest absolute Gasteiger partial charge is 0.265 e. The number of ether oxygens (including phenoxy) is 2. The summed E-state index contributed by atoms with van der Waals surface area (Å²) in [5.74, 6) is -0.222. The minimum atomic E-state index is -3.38. The molecule has 0 aliphatic carbocycles. The minimum Gasteiger partial charge on any atom is -0.482 e. The van der Waals surface area contributed by atoms with Gasteiger partial charge in [-0.3, -0.25) is 24.1 Å². The van der Waals surface area contributed by atoms with Crippen molar-refractivity contribution in [1.82, 2.24) is 9.80 Å². The van der Waals surface area contributed by atoms with Crippen molar-refractivity contribution >= 4 is 56.4 Å². The van der Waals surface area contributed by atoms with Crippen molar-refractivity contribution in [3.8, 4) is 16.9 Å². The van der Waals surface area contributed by atoms with Gasteiger partial charge >= 0.3 is 0 Å². The first-order valence-corrected chi connectivity index (χ1v) is 16.3. The zero-order valence-corrected chi connectivity index (χ0v) is 26.1. The summed E-state index contributed by atoms with van der Waals surface area (Å²) in [6.07, 6.45) is 1.11. The van der Waals surface area contributed by atoms with Crippen LogP contribution in [0.25, 0.3) is 11.1 Å². The number of hydrogen-bond donors (Lipinski definition) is 1. The standard InChI is InChI=1S/C30H32Cl2N4O6S/c1-34(29(37)18-36-26-15-24(31)25(32)16-28(26)42-19-30(36)38)27(17-35-10-12-41-13-11-35)22-5-3-4-21(14-22)20-6-8-23(9-7-20)33-43(2,39)40/h3-9,14-16,27,33H,10-13,17-19H2,1-2H3. The van der Waals surface area contributed by atoms with Gasteiger partial charge < -0.3 is 14.4 Å². The number of nitrogens with one attached hydrogen (secondary N) is 1. The molecule has 1 unspecified atom stereocenters. The van der Waals surface area contributed by atoms with Crippen molar-refractivity contribution in [2.24, 2.45) is 0 Å². The number of fused-ring (bicyclic) bond motifs is 1. The molecule has 2 heterocycles. The van der Waals surface area contributed by atoms with E-state index in [2.05, 4.69) is 9.62 Å². The molecule has 1 fully saturated rings. The van der Waals surface area contributed by atoms with Gasteiger partial charge in [0.15, 0.2) is 6.61 Å². The highest BCUT2D eigenvalue weighted by Crippen LogP contribution is 2.39. The maximum Gasteiger partial charge on any atom is 0.265 e. The Morgan fingerprint density at radius 1 is 1.02 bits per heavy atom. The maximum atomic E-state index is 13.8. The molecule has 1 saturated heterocycles. The molecule has 13 heteroatoms. The Balaban J connectivity index is 1.41. The molecule has 5 rings (SSSR count). The quantitative estimate of drug-likeness (QED) is 0.369. The molecule has 0 radical (unpaired) electrons. The summed E-state index contributed by atoms with van der Waals surface area (Å²) < 4.78 is 36.7. The van der Waals surface area contributed by atoms with Crippen LogP contribution in [0.3, 0.4) is 0 Å². The second-order valence-corrected chi connectivity index (χ2v) is 13.1. The fourth-order valence-electron chi connectivity index (χ4n) is 5.14. The molecule has 1 atom stereocenters. The third kappa shape index (κ3) is 7.60. The number of amides is 2. The van der Waals surface area contributed by atoms with Crippen LogP contribution in [-0.2, 0) is 24.3 Å². The highest BCUT2D eigenvalue weighted by Gasteiger charge is 2.32. The Morgan fingerprint density at radius 3 is 2.42 bits per heavy atom. The third-order valence-corrected chi connectivity index (χ3v) is 8.76. The number of benzene rings is 3. The fourth-order valence-corrected chi connectivity index (χ4v) is 6.02. The normalized spacial score (nSPS) is 16.3. The molecule has 3 aromatic rings. The lowest BCUT2D eigenvalue weighted by Gasteiger charge is -2.37. The van der Waals surface area contributed by atoms with Crippen molar-refractivity contribution in [2.75, 3.05) is 68.9 Å². The molecule has 1 N–H and O–H groups in total. The van der Waals surface area contributed by atoms with Crippen LogP contribution in [0.5, 0.6) is 5.75 Å². The second kappa shape index (κ2) is 13.1. The molecule has 2 aliphatic heterocycles. The van der Waals surface area contributed by atoms with Crippen LogP contribution in [-0.4, -0.2) is 89.3 Å². The summed E-state index contributed by atoms with van der Waals surface area (Å²) in [5.41, 5.74) is 3.60. The molecule has 228 valence electrons. The SMILES string of the molecule is CN(C(=O)CN1C(=O)COc2cc(Cl)c(Cl)cc21)C(CN1CCOCC1)c1cccc(-c2ccc(NS(C)(=O)=O)cc2)c1. The molecule has 3 aromatic carbocycles. The second-order valence-electron chi connectivity index (χ2n) is 10.5. The lowest BCUT2D eigenvalue weighted by atomic mass is 9.98. The van der Waals surface area contributed by atoms with Crippen LogP contribution in [0.15, 0.2) is 60.7 Å². The van der Waals surface area contributed by atoms with Gasteiger partial charge in [-0.15, -0.1) is 0 Å². The van der Waals surface area contributed by atoms with Gasteiger partial charge in [0.05, 0.1) is 41.2 Å². The first-order chi connectivity index (χ1) is 20.5. The predicted octanol–water partition coefficient (Wildman–Crippen LogP) is 4.29. The number of carbonyl (C=O) groups is 2. The van der Waals surface area contributed by atoms with Crippen LogP contribution in [0.4, 0.5) is 11.4 Å². The molecule has 0 saturated carbocycles. The van der Waals surface area contributed by atoms with E-state index in [-0.39, 0.29) is 36.0 Å². The average molecular weight is 648 g/mol. The number of halogens is 2. The van der Waals surface area contributed by atoms with Crippen molar-refractivity contribution < 1.29 is 27.5 Å². The van der Waals surface area contributed by atoms with Gasteiger partial charge in [-0.2, -0.15) is 0 Å². The first-order valence-electron chi connectivity index (χ1n) is 13.6. The highest BCUT2D eigenvalue weighted by atomic mass is 35.5. The van der Waals surface area contributed by atoms with E-state index in [4.69, 9.17) is 32.7 Å². The third-order valence-electron chi connectivity index (χ3n) is 7.43. The topological polar surface area (TPSA) is 108 Å². The maximum absolute atomic E-state index is 13.8. The van der Waals surface area contributed by atoms with E-state index in [1.54, 1.807) is 30.1 Å². The van der Waals surface area contributed by atoms with E-state index in [9.17, 15) is 18.0 Å². The zero-order valence-electron chi connectivity index (χ0n) is 23.8. The number of nitrogens with zero attached hydrogens (tertiary/aromatic N) is 3. The van der Waals surface area contributed by atoms with E-state index in [0.717, 1.165) is 36.0 Å². The summed E-state index contributed by atoms with van der Waals surface area (Å²) in [5, 5.41) is 0.552. The van der Waals surface area contributed by atoms with Crippen molar-refractivity contribution in [3.63, 3.8) is 0 Å². The van der Waals surface area contributed by atoms with Crippen molar-refractivity contribution in [3.05, 3.63) is 76.3 Å². The van der Waals surface area contributed by atoms with E-state index in [1.165, 1.54) is 11.0 Å². The van der Waals surface area contributed by atoms with E-state index >= 15 is 0 Å². The van der Waals surface area contributed by atoms with Crippen LogP contribution in [0.1, 0.15) is 11.6 Å². The Kier molecular flexibility index (Phi) is 9.48. The fraction of sp³-hybridized carbons (Fsp3) is 0.333. The molecule has 43 heavy (non-hydrogen) atoms. The number of hydrogen-bond acceptors (Lipinski definition) is 7. The number of sulfonamides is 1. The van der Waals surface area contributed by atoms with Gasteiger partial charge in [0.1, 0.15) is 12.3 Å². The Bertz CT molecular complexity index is 1610. The van der Waals surface area contributed by atoms with Crippen LogP contribution in [0.2, 0.25) is 10.0 Å². The van der Waals surface area contributed by atoms with Gasteiger partial charge in [0, 0.05) is 38.4 Å². The molecule has 0 bridgehead atoms. The Labute approximate surface area is 261 Å². The summed E-state index contributed by atoms with van der Waals surface area (Å²) in [4.78, 5) is 32.0. The Morgan fingerprint density at radius 2 is 1.72 bits per heavy atom. The van der Waals surface area contributed by atoms with E-state index in [1.807, 2.05) is 36.4 Å². The van der Waals surface area contributed by atoms with Gasteiger partial charge in [0.25, 0.3) is 5.91 Å². The molecule has 10 nitrogen and oxygen atoms in total. The largest absolute Gasteiger partial charge is 0.482 e. The van der Waals surface area contributed by atoms with Gasteiger partial charge in [0.2, 0.25) is 15.9 Å². The summed E-state index contributed by atoms with van der Waals surface area (Å²) >= 11 is 12.4. The molecule has 2 aliphatic rings. The number of rotatable bonds is 9. The van der Waals surface area contributed by atoms with E-state index in [0.29, 0.717) is 41.9 Å². The number of morpholine rings is 1. The first kappa shape index (κ1) is 31.1. The molecule has 2 amide bonds. The van der Waals surface area contributed by atoms with Gasteiger partial charge in [-0.1, -0.05) is 53.5 Å². The molecular weight excluding hydrogens is 615 g/mol. The van der Waals surface area contributed by atoms with Crippen LogP contribution in [0, 0.1) is 0 Å². The van der Waals surface area contributed by atoms with E-state index < -0.39 is 10.0 Å². The summed E-state index contributed by atoms with van der Waals surface area (Å²) in [6, 6.07) is 17.8. The zero-order chi connectivity index (χ0) is 30.7. The van der Waals surface area contributed by atoms with Gasteiger partial charge in [-0.05, 0) is 41.0 Å². The summed E-state index contributed by atoms with van der Waals surface area (Å²) in [7, 11) is -1.64. The van der Waals surface area contributed by atoms with Crippen LogP contribution < -0.4 is 14.4 Å². The Hall–Kier alpha value is -3.35. The lowest BCUT2D eigenvalue weighted by molar-refractivity contribution is -0.133. The average Bonchev–Trinajstić information content (AvgIpc) is 2.98. The lowest BCUT2D eigenvalue weighted by Crippen LogP contribution is -2.48. The monoisotopic (exact) mass is 646 g/mol. The molecule has 0 aromatic heterocycles. The van der Waals surface area contributed by atoms with Crippen molar-refractivity contribution in [2.45, 2.75) is 6.04 Å². The molecule has 0 spiro atoms. The van der Waals surface area contributed by atoms with Gasteiger partial charge in [-0.25, -0.2) is 8.42 Å². The number of likely N-dealkylation sites (N-methyl/N-ethyl adjacent to an activating group) is 1. The van der Waals surface area contributed by atoms with Crippen molar-refractivity contribution in [1.29, 1.82) is 0 Å². The predicted molar refractivity (Wildman–Crippen MR) is 167 cm³/mol. The van der Waals surface area contributed by atoms with Crippen LogP contribution >= 0.6 is 23.2 Å². The molecular formula is C30H32Cl2N4O6S. The number of anilines is 2. The summed E-state index contributed by atoms with van der Waals surface area (Å²) in [6.45, 7) is 2.86. The highest BCUT2D eigenvalue weighted by molar-refractivity contribution is 7.92. The number of carbonyl (C=O) groups excluding carboxylic acids is 2.